The number of carbonyl (C=O) groups excluding carboxylic acids is 2. The number of nitrogens with one attached hydrogen (secondary N) is 2. The number of benzene rings is 3. The molecule has 0 saturated carbocycles. The van der Waals surface area contributed by atoms with Crippen molar-refractivity contribution in [2.24, 2.45) is 0 Å². The Balaban J connectivity index is 1.67. The van der Waals surface area contributed by atoms with Crippen LogP contribution in [0.4, 0.5) is 4.79 Å². The van der Waals surface area contributed by atoms with Crippen LogP contribution in [0, 0.1) is 0 Å². The highest BCUT2D eigenvalue weighted by Crippen LogP contribution is 2.13. The predicted octanol–water partition coefficient (Wildman–Crippen LogP) is 2.96. The number of hydrogen-bond donors (Lipinski definition) is 3. The highest BCUT2D eigenvalue weighted by Gasteiger charge is 2.29. The minimum atomic E-state index is -3.75. The molecule has 194 valence electrons. The van der Waals surface area contributed by atoms with Gasteiger partial charge in [0.15, 0.2) is 9.84 Å². The van der Waals surface area contributed by atoms with Gasteiger partial charge in [0.1, 0.15) is 18.7 Å². The van der Waals surface area contributed by atoms with Gasteiger partial charge in [0.2, 0.25) is 5.91 Å². The Kier molecular flexibility index (Phi) is 9.79. The zero-order valence-electron chi connectivity index (χ0n) is 19.9. The molecule has 0 unspecified atom stereocenters. The summed E-state index contributed by atoms with van der Waals surface area (Å²) in [5.41, 5.74) is 1.48. The van der Waals surface area contributed by atoms with Crippen molar-refractivity contribution in [3.63, 3.8) is 0 Å². The number of hydrogen-bond acceptors (Lipinski definition) is 6. The number of carbonyl (C=O) groups is 3. The molecule has 10 heteroatoms. The summed E-state index contributed by atoms with van der Waals surface area (Å²) in [5, 5.41) is 14.5. The molecule has 3 N–H and O–H groups in total. The van der Waals surface area contributed by atoms with Gasteiger partial charge in [-0.1, -0.05) is 78.9 Å². The second-order valence-corrected chi connectivity index (χ2v) is 10.4. The molecule has 0 aliphatic carbocycles. The number of carboxylic acid groups (broad SMARTS) is 1. The van der Waals surface area contributed by atoms with Crippen LogP contribution in [-0.4, -0.2) is 49.3 Å². The van der Waals surface area contributed by atoms with Crippen LogP contribution >= 0.6 is 0 Å². The monoisotopic (exact) mass is 524 g/mol. The fraction of sp³-hybridized carbons (Fsp3) is 0.222. The Hall–Kier alpha value is -4.18. The third-order valence-electron chi connectivity index (χ3n) is 5.50. The van der Waals surface area contributed by atoms with Gasteiger partial charge in [-0.25, -0.2) is 18.0 Å². The van der Waals surface area contributed by atoms with Crippen LogP contribution in [0.15, 0.2) is 95.9 Å². The van der Waals surface area contributed by atoms with Gasteiger partial charge in [-0.3, -0.25) is 4.79 Å². The standard InChI is InChI=1S/C27H28N2O7S/c30-25(28-23(26(31)32)16-17-37(34,35)22-14-8-3-9-15-22)24(18-20-10-4-1-5-11-20)29-27(33)36-19-21-12-6-2-7-13-21/h1-15,23-24H,16-19H2,(H,28,30)(H,29,33)(H,31,32)/t23-,24-/m1/s1. The quantitative estimate of drug-likeness (QED) is 0.331. The van der Waals surface area contributed by atoms with E-state index in [1.807, 2.05) is 6.07 Å². The summed E-state index contributed by atoms with van der Waals surface area (Å²) >= 11 is 0. The van der Waals surface area contributed by atoms with Crippen LogP contribution in [0.5, 0.6) is 0 Å². The molecule has 2 amide bonds. The molecule has 0 saturated heterocycles. The molecule has 0 aliphatic heterocycles. The molecule has 2 atom stereocenters. The number of carboxylic acids is 1. The molecule has 3 rings (SSSR count). The molecular weight excluding hydrogens is 496 g/mol. The van der Waals surface area contributed by atoms with Gasteiger partial charge in [0.25, 0.3) is 0 Å². The molecule has 0 bridgehead atoms. The van der Waals surface area contributed by atoms with Crippen LogP contribution in [-0.2, 0) is 37.2 Å². The maximum atomic E-state index is 13.1. The summed E-state index contributed by atoms with van der Waals surface area (Å²) in [7, 11) is -3.75. The van der Waals surface area contributed by atoms with Crippen molar-refractivity contribution in [3.8, 4) is 0 Å². The minimum absolute atomic E-state index is 0.0125. The lowest BCUT2D eigenvalue weighted by Crippen LogP contribution is -2.52. The van der Waals surface area contributed by atoms with Gasteiger partial charge < -0.3 is 20.5 Å². The SMILES string of the molecule is O=C(N[C@H](Cc1ccccc1)C(=O)N[C@H](CCS(=O)(=O)c1ccccc1)C(=O)O)OCc1ccccc1. The molecule has 9 nitrogen and oxygen atoms in total. The number of amides is 2. The molecule has 0 aromatic heterocycles. The third-order valence-corrected chi connectivity index (χ3v) is 7.26. The van der Waals surface area contributed by atoms with Gasteiger partial charge in [-0.2, -0.15) is 0 Å². The minimum Gasteiger partial charge on any atom is -0.480 e. The fourth-order valence-electron chi connectivity index (χ4n) is 3.51. The first-order valence-corrected chi connectivity index (χ1v) is 13.2. The average molecular weight is 525 g/mol. The third kappa shape index (κ3) is 8.76. The van der Waals surface area contributed by atoms with Crippen molar-refractivity contribution in [1.29, 1.82) is 0 Å². The highest BCUT2D eigenvalue weighted by molar-refractivity contribution is 7.91. The van der Waals surface area contributed by atoms with Gasteiger partial charge in [0.05, 0.1) is 10.6 Å². The lowest BCUT2D eigenvalue weighted by molar-refractivity contribution is -0.142. The lowest BCUT2D eigenvalue weighted by atomic mass is 10.0. The first kappa shape index (κ1) is 27.4. The topological polar surface area (TPSA) is 139 Å². The molecule has 37 heavy (non-hydrogen) atoms. The van der Waals surface area contributed by atoms with Crippen molar-refractivity contribution in [3.05, 3.63) is 102 Å². The number of sulfone groups is 1. The van der Waals surface area contributed by atoms with Gasteiger partial charge >= 0.3 is 12.1 Å². The second-order valence-electron chi connectivity index (χ2n) is 8.27. The lowest BCUT2D eigenvalue weighted by Gasteiger charge is -2.21. The van der Waals surface area contributed by atoms with Crippen molar-refractivity contribution in [2.45, 2.75) is 36.4 Å². The molecule has 0 radical (unpaired) electrons. The zero-order chi connectivity index (χ0) is 26.7. The van der Waals surface area contributed by atoms with E-state index in [1.54, 1.807) is 72.8 Å². The highest BCUT2D eigenvalue weighted by atomic mass is 32.2. The Morgan fingerprint density at radius 2 is 1.30 bits per heavy atom. The summed E-state index contributed by atoms with van der Waals surface area (Å²) in [6.07, 6.45) is -1.13. The van der Waals surface area contributed by atoms with Crippen LogP contribution in [0.3, 0.4) is 0 Å². The van der Waals surface area contributed by atoms with Crippen LogP contribution in [0.25, 0.3) is 0 Å². The molecule has 0 spiro atoms. The molecular formula is C27H28N2O7S. The average Bonchev–Trinajstić information content (AvgIpc) is 2.91. The molecule has 0 heterocycles. The first-order valence-electron chi connectivity index (χ1n) is 11.6. The summed E-state index contributed by atoms with van der Waals surface area (Å²) in [6, 6.07) is 22.9. The molecule has 3 aromatic rings. The van der Waals surface area contributed by atoms with E-state index in [1.165, 1.54) is 12.1 Å². The Bertz CT molecular complexity index is 1280. The van der Waals surface area contributed by atoms with Crippen molar-refractivity contribution in [1.82, 2.24) is 10.6 Å². The maximum Gasteiger partial charge on any atom is 0.408 e. The summed E-state index contributed by atoms with van der Waals surface area (Å²) in [6.45, 7) is -0.0125. The van der Waals surface area contributed by atoms with E-state index < -0.39 is 45.6 Å². The maximum absolute atomic E-state index is 13.1. The smallest absolute Gasteiger partial charge is 0.408 e. The number of aliphatic carboxylic acids is 1. The van der Waals surface area contributed by atoms with E-state index in [4.69, 9.17) is 4.74 Å². The number of rotatable bonds is 12. The van der Waals surface area contributed by atoms with Gasteiger partial charge in [-0.05, 0) is 29.7 Å². The van der Waals surface area contributed by atoms with E-state index in [0.717, 1.165) is 11.1 Å². The Morgan fingerprint density at radius 1 is 0.757 bits per heavy atom. The van der Waals surface area contributed by atoms with E-state index in [0.29, 0.717) is 0 Å². The van der Waals surface area contributed by atoms with Crippen molar-refractivity contribution in [2.75, 3.05) is 5.75 Å². The van der Waals surface area contributed by atoms with Gasteiger partial charge in [0, 0.05) is 6.42 Å². The van der Waals surface area contributed by atoms with E-state index in [2.05, 4.69) is 10.6 Å². The Morgan fingerprint density at radius 3 is 1.86 bits per heavy atom. The van der Waals surface area contributed by atoms with E-state index in [-0.39, 0.29) is 24.3 Å². The van der Waals surface area contributed by atoms with Crippen LogP contribution in [0.2, 0.25) is 0 Å². The Labute approximate surface area is 215 Å². The summed E-state index contributed by atoms with van der Waals surface area (Å²) in [4.78, 5) is 37.4. The van der Waals surface area contributed by atoms with Crippen molar-refractivity contribution >= 4 is 27.8 Å². The fourth-order valence-corrected chi connectivity index (χ4v) is 4.87. The molecule has 0 fully saturated rings. The second kappa shape index (κ2) is 13.2. The summed E-state index contributed by atoms with van der Waals surface area (Å²) < 4.78 is 30.4. The first-order chi connectivity index (χ1) is 17.7. The van der Waals surface area contributed by atoms with E-state index >= 15 is 0 Å². The van der Waals surface area contributed by atoms with Crippen molar-refractivity contribution < 1.29 is 32.6 Å². The van der Waals surface area contributed by atoms with E-state index in [9.17, 15) is 27.9 Å². The predicted molar refractivity (Wildman–Crippen MR) is 136 cm³/mol. The van der Waals surface area contributed by atoms with Gasteiger partial charge in [-0.15, -0.1) is 0 Å². The number of ether oxygens (including phenoxy) is 1. The normalized spacial score (nSPS) is 12.6. The number of alkyl carbamates (subject to hydrolysis) is 1. The molecule has 0 aliphatic rings. The molecule has 3 aromatic carbocycles. The largest absolute Gasteiger partial charge is 0.480 e. The zero-order valence-corrected chi connectivity index (χ0v) is 20.8. The van der Waals surface area contributed by atoms with Crippen LogP contribution in [0.1, 0.15) is 17.5 Å². The summed E-state index contributed by atoms with van der Waals surface area (Å²) in [5.74, 6) is -2.64. The van der Waals surface area contributed by atoms with Crippen LogP contribution < -0.4 is 10.6 Å².